The average Bonchev–Trinajstić information content (AvgIpc) is 3.21. The third kappa shape index (κ3) is 5.06. The fourth-order valence-electron chi connectivity index (χ4n) is 3.38. The van der Waals surface area contributed by atoms with Crippen LogP contribution in [0.25, 0.3) is 0 Å². The number of sulfonamides is 1. The highest BCUT2D eigenvalue weighted by Gasteiger charge is 2.22. The molecule has 0 atom stereocenters. The summed E-state index contributed by atoms with van der Waals surface area (Å²) in [6, 6.07) is 21.2. The standard InChI is InChI=1S/C23H22N4O4S/c28-22-7-4-16-27(22)20-12-14-21(15-13-20)32(30,31)26-19-10-8-18(9-11-19)25-23(29)24-17-5-2-1-3-6-17/h1-3,5-6,8-15,26H,4,7,16H2,(H2,24,25,29). The summed E-state index contributed by atoms with van der Waals surface area (Å²) >= 11 is 0. The van der Waals surface area contributed by atoms with Crippen LogP contribution < -0.4 is 20.3 Å². The van der Waals surface area contributed by atoms with Crippen LogP contribution in [0.5, 0.6) is 0 Å². The predicted molar refractivity (Wildman–Crippen MR) is 124 cm³/mol. The van der Waals surface area contributed by atoms with Gasteiger partial charge in [-0.15, -0.1) is 0 Å². The first-order valence-electron chi connectivity index (χ1n) is 10.1. The van der Waals surface area contributed by atoms with Crippen molar-refractivity contribution < 1.29 is 18.0 Å². The van der Waals surface area contributed by atoms with Gasteiger partial charge in [0.2, 0.25) is 5.91 Å². The summed E-state index contributed by atoms with van der Waals surface area (Å²) < 4.78 is 27.9. The van der Waals surface area contributed by atoms with Crippen molar-refractivity contribution in [2.75, 3.05) is 26.8 Å². The Morgan fingerprint density at radius 3 is 1.97 bits per heavy atom. The van der Waals surface area contributed by atoms with E-state index in [1.54, 1.807) is 53.4 Å². The molecule has 1 heterocycles. The Hall–Kier alpha value is -3.85. The van der Waals surface area contributed by atoms with Crippen LogP contribution in [0.3, 0.4) is 0 Å². The van der Waals surface area contributed by atoms with Crippen molar-refractivity contribution >= 4 is 44.7 Å². The van der Waals surface area contributed by atoms with E-state index in [1.807, 2.05) is 18.2 Å². The van der Waals surface area contributed by atoms with Gasteiger partial charge in [0.15, 0.2) is 0 Å². The zero-order chi connectivity index (χ0) is 22.6. The number of carbonyl (C=O) groups is 2. The maximum atomic E-state index is 12.7. The molecule has 3 amide bonds. The van der Waals surface area contributed by atoms with Gasteiger partial charge < -0.3 is 15.5 Å². The molecule has 164 valence electrons. The molecule has 1 saturated heterocycles. The van der Waals surface area contributed by atoms with Crippen LogP contribution in [0.4, 0.5) is 27.5 Å². The van der Waals surface area contributed by atoms with E-state index >= 15 is 0 Å². The molecule has 32 heavy (non-hydrogen) atoms. The number of nitrogens with zero attached hydrogens (tertiary/aromatic N) is 1. The van der Waals surface area contributed by atoms with E-state index in [1.165, 1.54) is 12.1 Å². The van der Waals surface area contributed by atoms with E-state index in [0.29, 0.717) is 35.7 Å². The minimum absolute atomic E-state index is 0.0462. The number of para-hydroxylation sites is 1. The Balaban J connectivity index is 1.38. The van der Waals surface area contributed by atoms with E-state index in [2.05, 4.69) is 15.4 Å². The highest BCUT2D eigenvalue weighted by Crippen LogP contribution is 2.24. The second-order valence-corrected chi connectivity index (χ2v) is 8.95. The van der Waals surface area contributed by atoms with Crippen molar-refractivity contribution in [3.63, 3.8) is 0 Å². The molecule has 0 saturated carbocycles. The van der Waals surface area contributed by atoms with Gasteiger partial charge in [-0.1, -0.05) is 18.2 Å². The van der Waals surface area contributed by atoms with Crippen molar-refractivity contribution in [2.45, 2.75) is 17.7 Å². The van der Waals surface area contributed by atoms with Gasteiger partial charge in [-0.2, -0.15) is 0 Å². The third-order valence-corrected chi connectivity index (χ3v) is 6.36. The highest BCUT2D eigenvalue weighted by atomic mass is 32.2. The number of benzene rings is 3. The number of urea groups is 1. The molecule has 8 nitrogen and oxygen atoms in total. The van der Waals surface area contributed by atoms with Crippen LogP contribution in [0, 0.1) is 0 Å². The fraction of sp³-hybridized carbons (Fsp3) is 0.130. The maximum Gasteiger partial charge on any atom is 0.323 e. The molecule has 0 aromatic heterocycles. The van der Waals surface area contributed by atoms with Gasteiger partial charge in [-0.05, 0) is 67.1 Å². The lowest BCUT2D eigenvalue weighted by molar-refractivity contribution is -0.117. The van der Waals surface area contributed by atoms with E-state index < -0.39 is 16.1 Å². The molecular weight excluding hydrogens is 428 g/mol. The van der Waals surface area contributed by atoms with Crippen LogP contribution >= 0.6 is 0 Å². The molecular formula is C23H22N4O4S. The molecule has 0 spiro atoms. The van der Waals surface area contributed by atoms with E-state index in [0.717, 1.165) is 6.42 Å². The second kappa shape index (κ2) is 9.11. The molecule has 1 aliphatic rings. The predicted octanol–water partition coefficient (Wildman–Crippen LogP) is 4.26. The zero-order valence-electron chi connectivity index (χ0n) is 17.1. The van der Waals surface area contributed by atoms with E-state index in [4.69, 9.17) is 0 Å². The molecule has 3 N–H and O–H groups in total. The molecule has 0 unspecified atom stereocenters. The van der Waals surface area contributed by atoms with Crippen molar-refractivity contribution in [1.29, 1.82) is 0 Å². The summed E-state index contributed by atoms with van der Waals surface area (Å²) in [6.07, 6.45) is 1.32. The first-order valence-corrected chi connectivity index (χ1v) is 11.6. The molecule has 3 aromatic carbocycles. The molecule has 0 radical (unpaired) electrons. The minimum atomic E-state index is -3.80. The summed E-state index contributed by atoms with van der Waals surface area (Å²) in [5.74, 6) is 0.0462. The maximum absolute atomic E-state index is 12.7. The molecule has 1 aliphatic heterocycles. The van der Waals surface area contributed by atoms with E-state index in [9.17, 15) is 18.0 Å². The summed E-state index contributed by atoms with van der Waals surface area (Å²) in [5, 5.41) is 5.40. The smallest absolute Gasteiger partial charge is 0.312 e. The van der Waals surface area contributed by atoms with Crippen LogP contribution in [0.2, 0.25) is 0 Å². The number of hydrogen-bond acceptors (Lipinski definition) is 4. The van der Waals surface area contributed by atoms with Gasteiger partial charge in [-0.3, -0.25) is 9.52 Å². The third-order valence-electron chi connectivity index (χ3n) is 4.96. The molecule has 0 bridgehead atoms. The van der Waals surface area contributed by atoms with Gasteiger partial charge in [-0.25, -0.2) is 13.2 Å². The van der Waals surface area contributed by atoms with Gasteiger partial charge in [0.25, 0.3) is 10.0 Å². The molecule has 3 aromatic rings. The van der Waals surface area contributed by atoms with Crippen molar-refractivity contribution in [3.8, 4) is 0 Å². The van der Waals surface area contributed by atoms with Crippen molar-refractivity contribution in [2.24, 2.45) is 0 Å². The summed E-state index contributed by atoms with van der Waals surface area (Å²) in [7, 11) is -3.80. The second-order valence-electron chi connectivity index (χ2n) is 7.27. The summed E-state index contributed by atoms with van der Waals surface area (Å²) in [5.41, 5.74) is 2.23. The number of amides is 3. The summed E-state index contributed by atoms with van der Waals surface area (Å²) in [4.78, 5) is 25.7. The Morgan fingerprint density at radius 1 is 0.781 bits per heavy atom. The van der Waals surface area contributed by atoms with Crippen LogP contribution in [-0.2, 0) is 14.8 Å². The monoisotopic (exact) mass is 450 g/mol. The van der Waals surface area contributed by atoms with Gasteiger partial charge >= 0.3 is 6.03 Å². The minimum Gasteiger partial charge on any atom is -0.312 e. The van der Waals surface area contributed by atoms with Crippen molar-refractivity contribution in [1.82, 2.24) is 0 Å². The highest BCUT2D eigenvalue weighted by molar-refractivity contribution is 7.92. The number of rotatable bonds is 6. The van der Waals surface area contributed by atoms with Gasteiger partial charge in [0.05, 0.1) is 4.90 Å². The van der Waals surface area contributed by atoms with Crippen LogP contribution in [0.1, 0.15) is 12.8 Å². The topological polar surface area (TPSA) is 108 Å². The number of anilines is 4. The zero-order valence-corrected chi connectivity index (χ0v) is 17.9. The molecule has 9 heteroatoms. The number of nitrogens with one attached hydrogen (secondary N) is 3. The SMILES string of the molecule is O=C(Nc1ccccc1)Nc1ccc(NS(=O)(=O)c2ccc(N3CCCC3=O)cc2)cc1. The Labute approximate surface area is 186 Å². The van der Waals surface area contributed by atoms with Gasteiger partial charge in [0.1, 0.15) is 0 Å². The fourth-order valence-corrected chi connectivity index (χ4v) is 4.44. The normalized spacial score (nSPS) is 13.6. The van der Waals surface area contributed by atoms with Crippen LogP contribution in [-0.4, -0.2) is 26.9 Å². The number of hydrogen-bond donors (Lipinski definition) is 3. The summed E-state index contributed by atoms with van der Waals surface area (Å²) in [6.45, 7) is 0.646. The molecule has 1 fully saturated rings. The van der Waals surface area contributed by atoms with Gasteiger partial charge in [0, 0.05) is 35.7 Å². The number of carbonyl (C=O) groups excluding carboxylic acids is 2. The lowest BCUT2D eigenvalue weighted by Gasteiger charge is -2.16. The Morgan fingerprint density at radius 2 is 1.38 bits per heavy atom. The largest absolute Gasteiger partial charge is 0.323 e. The Kier molecular flexibility index (Phi) is 6.09. The lowest BCUT2D eigenvalue weighted by Crippen LogP contribution is -2.23. The van der Waals surface area contributed by atoms with Crippen molar-refractivity contribution in [3.05, 3.63) is 78.9 Å². The first-order chi connectivity index (χ1) is 15.4. The Bertz CT molecular complexity index is 1210. The average molecular weight is 451 g/mol. The van der Waals surface area contributed by atoms with Crippen LogP contribution in [0.15, 0.2) is 83.8 Å². The molecule has 0 aliphatic carbocycles. The van der Waals surface area contributed by atoms with E-state index in [-0.39, 0.29) is 10.8 Å². The quantitative estimate of drug-likeness (QED) is 0.522. The first kappa shape index (κ1) is 21.4. The molecule has 4 rings (SSSR count). The lowest BCUT2D eigenvalue weighted by atomic mass is 10.3.